The molecule has 0 saturated carbocycles. The molecule has 0 aromatic carbocycles. The first-order valence-corrected chi connectivity index (χ1v) is 6.06. The van der Waals surface area contributed by atoms with Crippen LogP contribution in [0.4, 0.5) is 0 Å². The van der Waals surface area contributed by atoms with Crippen LogP contribution in [-0.4, -0.2) is 21.2 Å². The molecular formula is C13H18N4O. The zero-order chi connectivity index (χ0) is 13.1. The van der Waals surface area contributed by atoms with Crippen molar-refractivity contribution in [3.05, 3.63) is 29.4 Å². The second-order valence-corrected chi connectivity index (χ2v) is 4.69. The van der Waals surface area contributed by atoms with Gasteiger partial charge in [0.15, 0.2) is 0 Å². The highest BCUT2D eigenvalue weighted by Gasteiger charge is 2.09. The summed E-state index contributed by atoms with van der Waals surface area (Å²) in [5.74, 6) is 1.22. The Labute approximate surface area is 107 Å². The Morgan fingerprint density at radius 3 is 2.44 bits per heavy atom. The van der Waals surface area contributed by atoms with Crippen LogP contribution in [0.2, 0.25) is 0 Å². The summed E-state index contributed by atoms with van der Waals surface area (Å²) in [7, 11) is 0. The summed E-state index contributed by atoms with van der Waals surface area (Å²) in [6, 6.07) is 4.31. The van der Waals surface area contributed by atoms with Crippen LogP contribution in [0.25, 0.3) is 11.4 Å². The summed E-state index contributed by atoms with van der Waals surface area (Å²) in [6.45, 7) is 8.66. The molecule has 0 atom stereocenters. The van der Waals surface area contributed by atoms with E-state index in [1.165, 1.54) is 0 Å². The van der Waals surface area contributed by atoms with Crippen LogP contribution >= 0.6 is 0 Å². The number of hydrogen-bond donors (Lipinski definition) is 1. The fourth-order valence-corrected chi connectivity index (χ4v) is 1.70. The normalized spacial score (nSPS) is 11.2. The zero-order valence-corrected chi connectivity index (χ0v) is 11.2. The number of rotatable bonds is 4. The minimum absolute atomic E-state index is 0.394. The number of pyridine rings is 1. The van der Waals surface area contributed by atoms with Crippen molar-refractivity contribution in [3.8, 4) is 11.4 Å². The number of nitrogens with one attached hydrogen (secondary N) is 1. The third-order valence-corrected chi connectivity index (χ3v) is 2.47. The van der Waals surface area contributed by atoms with Crippen molar-refractivity contribution in [2.75, 3.05) is 0 Å². The number of nitrogens with zero attached hydrogens (tertiary/aromatic N) is 3. The van der Waals surface area contributed by atoms with Gasteiger partial charge in [-0.25, -0.2) is 0 Å². The van der Waals surface area contributed by atoms with E-state index >= 15 is 0 Å². The van der Waals surface area contributed by atoms with Crippen molar-refractivity contribution in [1.82, 2.24) is 20.4 Å². The molecule has 0 bridgehead atoms. The van der Waals surface area contributed by atoms with Gasteiger partial charge in [0.25, 0.3) is 0 Å². The van der Waals surface area contributed by atoms with Gasteiger partial charge < -0.3 is 9.84 Å². The number of aryl methyl sites for hydroxylation is 2. The third kappa shape index (κ3) is 3.13. The molecule has 5 heteroatoms. The summed E-state index contributed by atoms with van der Waals surface area (Å²) >= 11 is 0. The third-order valence-electron chi connectivity index (χ3n) is 2.47. The average Bonchev–Trinajstić information content (AvgIpc) is 2.73. The molecule has 0 radical (unpaired) electrons. The summed E-state index contributed by atoms with van der Waals surface area (Å²) < 4.78 is 5.21. The summed E-state index contributed by atoms with van der Waals surface area (Å²) in [5.41, 5.74) is 2.85. The Balaban J connectivity index is 2.18. The molecule has 0 saturated heterocycles. The molecular weight excluding hydrogens is 228 g/mol. The van der Waals surface area contributed by atoms with Crippen LogP contribution in [0.3, 0.4) is 0 Å². The SMILES string of the molecule is Cc1cc(-c2noc(CNC(C)C)n2)cc(C)n1. The van der Waals surface area contributed by atoms with Gasteiger partial charge in [-0.2, -0.15) is 4.98 Å². The van der Waals surface area contributed by atoms with E-state index in [4.69, 9.17) is 4.52 Å². The number of hydrogen-bond acceptors (Lipinski definition) is 5. The van der Waals surface area contributed by atoms with Crippen molar-refractivity contribution in [1.29, 1.82) is 0 Å². The Bertz CT molecular complexity index is 513. The Morgan fingerprint density at radius 1 is 1.17 bits per heavy atom. The molecule has 2 rings (SSSR count). The molecule has 1 N–H and O–H groups in total. The van der Waals surface area contributed by atoms with Gasteiger partial charge in [0.2, 0.25) is 11.7 Å². The van der Waals surface area contributed by atoms with E-state index in [0.717, 1.165) is 17.0 Å². The Hall–Kier alpha value is -1.75. The molecule has 2 heterocycles. The van der Waals surface area contributed by atoms with Crippen molar-refractivity contribution in [2.24, 2.45) is 0 Å². The molecule has 2 aromatic rings. The lowest BCUT2D eigenvalue weighted by Gasteiger charge is -2.03. The number of aromatic nitrogens is 3. The summed E-state index contributed by atoms with van der Waals surface area (Å²) in [5, 5.41) is 7.23. The van der Waals surface area contributed by atoms with Crippen molar-refractivity contribution < 1.29 is 4.52 Å². The Morgan fingerprint density at radius 2 is 1.83 bits per heavy atom. The maximum absolute atomic E-state index is 5.21. The van der Waals surface area contributed by atoms with Gasteiger partial charge in [-0.1, -0.05) is 19.0 Å². The van der Waals surface area contributed by atoms with E-state index < -0.39 is 0 Å². The van der Waals surface area contributed by atoms with Crippen LogP contribution in [0.1, 0.15) is 31.1 Å². The topological polar surface area (TPSA) is 63.8 Å². The minimum atomic E-state index is 0.394. The van der Waals surface area contributed by atoms with Crippen molar-refractivity contribution in [3.63, 3.8) is 0 Å². The molecule has 0 unspecified atom stereocenters. The first-order valence-electron chi connectivity index (χ1n) is 6.06. The largest absolute Gasteiger partial charge is 0.338 e. The van der Waals surface area contributed by atoms with Crippen LogP contribution < -0.4 is 5.32 Å². The lowest BCUT2D eigenvalue weighted by atomic mass is 10.2. The van der Waals surface area contributed by atoms with E-state index in [1.807, 2.05) is 26.0 Å². The van der Waals surface area contributed by atoms with Gasteiger partial charge in [0.05, 0.1) is 6.54 Å². The van der Waals surface area contributed by atoms with Crippen LogP contribution in [0.15, 0.2) is 16.7 Å². The second kappa shape index (κ2) is 5.27. The monoisotopic (exact) mass is 246 g/mol. The van der Waals surface area contributed by atoms with E-state index in [9.17, 15) is 0 Å². The Kier molecular flexibility index (Phi) is 3.72. The van der Waals surface area contributed by atoms with Gasteiger partial charge in [-0.3, -0.25) is 4.98 Å². The van der Waals surface area contributed by atoms with Crippen LogP contribution in [-0.2, 0) is 6.54 Å². The lowest BCUT2D eigenvalue weighted by molar-refractivity contribution is 0.362. The fourth-order valence-electron chi connectivity index (χ4n) is 1.70. The molecule has 96 valence electrons. The molecule has 5 nitrogen and oxygen atoms in total. The van der Waals surface area contributed by atoms with Gasteiger partial charge >= 0.3 is 0 Å². The summed E-state index contributed by atoms with van der Waals surface area (Å²) in [6.07, 6.45) is 0. The standard InChI is InChI=1S/C13H18N4O/c1-8(2)14-7-12-16-13(17-18-12)11-5-9(3)15-10(4)6-11/h5-6,8,14H,7H2,1-4H3. The highest BCUT2D eigenvalue weighted by atomic mass is 16.5. The van der Waals surface area contributed by atoms with Crippen molar-refractivity contribution in [2.45, 2.75) is 40.3 Å². The first kappa shape index (κ1) is 12.7. The molecule has 0 aliphatic carbocycles. The molecule has 18 heavy (non-hydrogen) atoms. The maximum atomic E-state index is 5.21. The van der Waals surface area contributed by atoms with Gasteiger partial charge in [0, 0.05) is 23.0 Å². The van der Waals surface area contributed by atoms with Gasteiger partial charge in [0.1, 0.15) is 0 Å². The average molecular weight is 246 g/mol. The molecule has 2 aromatic heterocycles. The maximum Gasteiger partial charge on any atom is 0.240 e. The molecule has 0 fully saturated rings. The van der Waals surface area contributed by atoms with E-state index in [2.05, 4.69) is 34.3 Å². The fraction of sp³-hybridized carbons (Fsp3) is 0.462. The van der Waals surface area contributed by atoms with E-state index in [-0.39, 0.29) is 0 Å². The lowest BCUT2D eigenvalue weighted by Crippen LogP contribution is -2.21. The molecule has 0 amide bonds. The smallest absolute Gasteiger partial charge is 0.240 e. The van der Waals surface area contributed by atoms with Crippen LogP contribution in [0.5, 0.6) is 0 Å². The highest BCUT2D eigenvalue weighted by Crippen LogP contribution is 2.17. The predicted molar refractivity (Wildman–Crippen MR) is 69.0 cm³/mol. The predicted octanol–water partition coefficient (Wildman–Crippen LogP) is 2.25. The second-order valence-electron chi connectivity index (χ2n) is 4.69. The molecule has 0 aliphatic rings. The molecule has 0 aliphatic heterocycles. The van der Waals surface area contributed by atoms with E-state index in [1.54, 1.807) is 0 Å². The molecule has 0 spiro atoms. The highest BCUT2D eigenvalue weighted by molar-refractivity contribution is 5.55. The quantitative estimate of drug-likeness (QED) is 0.896. The van der Waals surface area contributed by atoms with Crippen LogP contribution in [0, 0.1) is 13.8 Å². The van der Waals surface area contributed by atoms with Gasteiger partial charge in [-0.15, -0.1) is 0 Å². The first-order chi connectivity index (χ1) is 8.54. The van der Waals surface area contributed by atoms with Gasteiger partial charge in [-0.05, 0) is 26.0 Å². The summed E-state index contributed by atoms with van der Waals surface area (Å²) in [4.78, 5) is 8.69. The van der Waals surface area contributed by atoms with Crippen molar-refractivity contribution >= 4 is 0 Å². The van der Waals surface area contributed by atoms with E-state index in [0.29, 0.717) is 24.3 Å². The zero-order valence-electron chi connectivity index (χ0n) is 11.2. The minimum Gasteiger partial charge on any atom is -0.338 e.